The molecule has 1 N–H and O–H groups in total. The van der Waals surface area contributed by atoms with Crippen LogP contribution in [0, 0.1) is 6.92 Å². The summed E-state index contributed by atoms with van der Waals surface area (Å²) in [5.74, 6) is -0.138. The van der Waals surface area contributed by atoms with E-state index in [0.717, 1.165) is 41.1 Å². The highest BCUT2D eigenvalue weighted by molar-refractivity contribution is 7.21. The Morgan fingerprint density at radius 1 is 1.27 bits per heavy atom. The molecule has 1 saturated heterocycles. The van der Waals surface area contributed by atoms with Crippen molar-refractivity contribution in [2.24, 2.45) is 0 Å². The van der Waals surface area contributed by atoms with Crippen LogP contribution in [0.2, 0.25) is 0 Å². The molecule has 8 heteroatoms. The number of ether oxygens (including phenoxy) is 1. The summed E-state index contributed by atoms with van der Waals surface area (Å²) < 4.78 is 5.45. The normalized spacial score (nSPS) is 15.8. The highest BCUT2D eigenvalue weighted by Crippen LogP contribution is 2.26. The Hall–Kier alpha value is -2.37. The number of benzene rings is 1. The molecule has 1 aromatic carbocycles. The summed E-state index contributed by atoms with van der Waals surface area (Å²) in [6.45, 7) is 7.84. The second-order valence-corrected chi connectivity index (χ2v) is 9.07. The molecule has 2 heterocycles. The highest BCUT2D eigenvalue weighted by Gasteiger charge is 2.32. The van der Waals surface area contributed by atoms with Gasteiger partial charge in [0.2, 0.25) is 0 Å². The van der Waals surface area contributed by atoms with Gasteiger partial charge in [-0.3, -0.25) is 9.69 Å². The van der Waals surface area contributed by atoms with Crippen molar-refractivity contribution >= 4 is 49.0 Å². The van der Waals surface area contributed by atoms with Gasteiger partial charge < -0.3 is 15.0 Å². The van der Waals surface area contributed by atoms with Crippen molar-refractivity contribution < 1.29 is 14.3 Å². The first-order chi connectivity index (χ1) is 14.4. The zero-order chi connectivity index (χ0) is 21.7. The molecular weight excluding hydrogens is 417 g/mol. The number of hydrogen-bond acceptors (Lipinski definition) is 4. The predicted molar refractivity (Wildman–Crippen MR) is 127 cm³/mol. The maximum absolute atomic E-state index is 12.3. The van der Waals surface area contributed by atoms with Crippen molar-refractivity contribution in [2.75, 3.05) is 29.4 Å². The van der Waals surface area contributed by atoms with E-state index in [0.29, 0.717) is 18.0 Å². The first kappa shape index (κ1) is 22.3. The first-order valence-electron chi connectivity index (χ1n) is 10.2. The molecule has 1 fully saturated rings. The predicted octanol–water partition coefficient (Wildman–Crippen LogP) is 4.71. The van der Waals surface area contributed by atoms with Gasteiger partial charge in [0.25, 0.3) is 5.91 Å². The Kier molecular flexibility index (Phi) is 7.51. The van der Waals surface area contributed by atoms with Crippen LogP contribution in [0.15, 0.2) is 36.4 Å². The molecule has 30 heavy (non-hydrogen) atoms. The van der Waals surface area contributed by atoms with E-state index in [1.807, 2.05) is 37.3 Å². The van der Waals surface area contributed by atoms with Crippen LogP contribution in [0.25, 0.3) is 0 Å². The summed E-state index contributed by atoms with van der Waals surface area (Å²) in [4.78, 5) is 30.2. The van der Waals surface area contributed by atoms with Gasteiger partial charge in [0.1, 0.15) is 6.10 Å². The number of amides is 2. The van der Waals surface area contributed by atoms with Crippen LogP contribution in [0.5, 0.6) is 0 Å². The van der Waals surface area contributed by atoms with E-state index < -0.39 is 0 Å². The second-order valence-electron chi connectivity index (χ2n) is 7.20. The van der Waals surface area contributed by atoms with Crippen molar-refractivity contribution in [1.82, 2.24) is 5.32 Å². The lowest BCUT2D eigenvalue weighted by molar-refractivity contribution is 0.0920. The Labute approximate surface area is 184 Å². The Bertz CT molecular complexity index is 913. The zero-order valence-corrected chi connectivity index (χ0v) is 19.4. The minimum absolute atomic E-state index is 0.138. The van der Waals surface area contributed by atoms with Gasteiger partial charge in [0.15, 0.2) is 0 Å². The van der Waals surface area contributed by atoms with Crippen LogP contribution in [-0.2, 0) is 4.74 Å². The number of anilines is 2. The molecule has 1 aliphatic rings. The molecule has 0 bridgehead atoms. The molecule has 0 radical (unpaired) electrons. The van der Waals surface area contributed by atoms with E-state index >= 15 is 0 Å². The van der Waals surface area contributed by atoms with E-state index in [9.17, 15) is 9.59 Å². The number of aryl methyl sites for hydroxylation is 1. The van der Waals surface area contributed by atoms with Crippen molar-refractivity contribution in [3.63, 3.8) is 0 Å². The van der Waals surface area contributed by atoms with Crippen LogP contribution in [0.1, 0.15) is 41.2 Å². The molecule has 0 aliphatic carbocycles. The summed E-state index contributed by atoms with van der Waals surface area (Å²) in [6, 6.07) is 11.6. The lowest BCUT2D eigenvalue weighted by Gasteiger charge is -2.26. The van der Waals surface area contributed by atoms with Crippen LogP contribution >= 0.6 is 20.2 Å². The summed E-state index contributed by atoms with van der Waals surface area (Å²) in [5.41, 5.74) is 2.99. The van der Waals surface area contributed by atoms with Crippen molar-refractivity contribution in [3.8, 4) is 0 Å². The molecule has 6 nitrogen and oxygen atoms in total. The zero-order valence-electron chi connectivity index (χ0n) is 17.6. The number of rotatable bonds is 9. The monoisotopic (exact) mass is 445 g/mol. The smallest absolute Gasteiger partial charge is 0.414 e. The van der Waals surface area contributed by atoms with Gasteiger partial charge in [-0.15, -0.1) is 20.2 Å². The van der Waals surface area contributed by atoms with E-state index in [1.54, 1.807) is 11.0 Å². The molecule has 160 valence electrons. The van der Waals surface area contributed by atoms with Gasteiger partial charge in [-0.05, 0) is 56.2 Å². The molecule has 1 atom stereocenters. The van der Waals surface area contributed by atoms with E-state index in [4.69, 9.17) is 4.74 Å². The van der Waals surface area contributed by atoms with Gasteiger partial charge in [-0.2, -0.15) is 0 Å². The number of hydrogen-bond donors (Lipinski definition) is 1. The molecule has 0 saturated carbocycles. The molecule has 0 spiro atoms. The number of cyclic esters (lactones) is 1. The standard InChI is InChI=1S/C22H28N3O3PS/c1-4-12-24(20(29)5-2)16-7-9-17(10-8-16)25-14-18(28-22(25)27)13-23-21(26)19-11-6-15(3)30-19/h6-11,18,29H,4-5,12-14H2,1-3H3,(H,23,26). The van der Waals surface area contributed by atoms with Gasteiger partial charge in [0.05, 0.1) is 18.0 Å². The third kappa shape index (κ3) is 5.21. The second kappa shape index (κ2) is 10.1. The maximum atomic E-state index is 12.3. The average Bonchev–Trinajstić information content (AvgIpc) is 3.35. The molecule has 3 rings (SSSR count). The molecule has 2 aromatic rings. The van der Waals surface area contributed by atoms with Crippen LogP contribution in [0.3, 0.4) is 0 Å². The third-order valence-corrected chi connectivity index (χ3v) is 6.53. The fraction of sp³-hybridized carbons (Fsp3) is 0.409. The number of carbonyl (C=O) groups excluding carboxylic acids is 2. The SMILES string of the molecule is CCCN(C(=P)CC)c1ccc(N2CC(CNC(=O)c3ccc(C)s3)OC2=O)cc1. The van der Waals surface area contributed by atoms with E-state index in [-0.39, 0.29) is 18.1 Å². The van der Waals surface area contributed by atoms with E-state index in [1.165, 1.54) is 11.3 Å². The van der Waals surface area contributed by atoms with Gasteiger partial charge in [-0.1, -0.05) is 13.8 Å². The van der Waals surface area contributed by atoms with Gasteiger partial charge in [-0.25, -0.2) is 4.79 Å². The lowest BCUT2D eigenvalue weighted by Crippen LogP contribution is -2.34. The Balaban J connectivity index is 1.60. The molecule has 1 aliphatic heterocycles. The first-order valence-corrected chi connectivity index (χ1v) is 11.5. The van der Waals surface area contributed by atoms with Gasteiger partial charge >= 0.3 is 6.09 Å². The maximum Gasteiger partial charge on any atom is 0.414 e. The summed E-state index contributed by atoms with van der Waals surface area (Å²) in [6.07, 6.45) is 1.18. The summed E-state index contributed by atoms with van der Waals surface area (Å²) in [5, 5.41) is 2.86. The van der Waals surface area contributed by atoms with Crippen LogP contribution in [0.4, 0.5) is 16.2 Å². The van der Waals surface area contributed by atoms with Crippen LogP contribution in [-0.4, -0.2) is 43.2 Å². The molecule has 2 amide bonds. The van der Waals surface area contributed by atoms with Crippen molar-refractivity contribution in [3.05, 3.63) is 46.2 Å². The third-order valence-electron chi connectivity index (χ3n) is 4.91. The number of thiophene rings is 1. The molecule has 1 unspecified atom stereocenters. The fourth-order valence-corrected chi connectivity index (χ4v) is 4.36. The highest BCUT2D eigenvalue weighted by atomic mass is 32.1. The minimum Gasteiger partial charge on any atom is -0.442 e. The molecular formula is C22H28N3O3PS. The van der Waals surface area contributed by atoms with E-state index in [2.05, 4.69) is 32.9 Å². The quantitative estimate of drug-likeness (QED) is 0.568. The Morgan fingerprint density at radius 3 is 2.60 bits per heavy atom. The lowest BCUT2D eigenvalue weighted by atomic mass is 10.2. The van der Waals surface area contributed by atoms with Crippen LogP contribution < -0.4 is 15.1 Å². The largest absolute Gasteiger partial charge is 0.442 e. The van der Waals surface area contributed by atoms with Crippen molar-refractivity contribution in [1.29, 1.82) is 0 Å². The minimum atomic E-state index is -0.389. The topological polar surface area (TPSA) is 61.9 Å². The number of nitrogens with one attached hydrogen (secondary N) is 1. The van der Waals surface area contributed by atoms with Crippen molar-refractivity contribution in [2.45, 2.75) is 39.7 Å². The Morgan fingerprint density at radius 2 is 2.00 bits per heavy atom. The summed E-state index contributed by atoms with van der Waals surface area (Å²) >= 11 is 1.45. The number of nitrogens with zero attached hydrogens (tertiary/aromatic N) is 2. The van der Waals surface area contributed by atoms with Gasteiger partial charge in [0, 0.05) is 28.2 Å². The summed E-state index contributed by atoms with van der Waals surface area (Å²) in [7, 11) is 3.71. The fourth-order valence-electron chi connectivity index (χ4n) is 3.34. The average molecular weight is 446 g/mol. The number of carbonyl (C=O) groups is 2. The molecule has 1 aromatic heterocycles.